The van der Waals surface area contributed by atoms with Gasteiger partial charge in [0.2, 0.25) is 5.91 Å². The summed E-state index contributed by atoms with van der Waals surface area (Å²) >= 11 is 0. The van der Waals surface area contributed by atoms with Gasteiger partial charge in [0.1, 0.15) is 24.7 Å². The van der Waals surface area contributed by atoms with Gasteiger partial charge in [-0.15, -0.1) is 0 Å². The van der Waals surface area contributed by atoms with Crippen molar-refractivity contribution in [3.8, 4) is 11.5 Å². The molecule has 0 saturated heterocycles. The molecule has 0 radical (unpaired) electrons. The number of methoxy groups -OCH3 is 1. The summed E-state index contributed by atoms with van der Waals surface area (Å²) in [5.74, 6) is 1.14. The molecule has 146 valence electrons. The van der Waals surface area contributed by atoms with Crippen LogP contribution in [0.15, 0.2) is 59.4 Å². The summed E-state index contributed by atoms with van der Waals surface area (Å²) in [5, 5.41) is 0.851. The molecule has 3 rings (SSSR count). The fourth-order valence-corrected chi connectivity index (χ4v) is 2.69. The highest BCUT2D eigenvalue weighted by Gasteiger charge is 2.08. The summed E-state index contributed by atoms with van der Waals surface area (Å²) in [6, 6.07) is 16.5. The monoisotopic (exact) mass is 382 g/mol. The second-order valence-electron chi connectivity index (χ2n) is 6.11. The zero-order valence-corrected chi connectivity index (χ0v) is 15.6. The molecule has 0 aliphatic carbocycles. The normalized spacial score (nSPS) is 10.6. The van der Waals surface area contributed by atoms with Crippen molar-refractivity contribution in [2.24, 2.45) is 0 Å². The van der Waals surface area contributed by atoms with Crippen molar-refractivity contribution in [2.75, 3.05) is 20.3 Å². The highest BCUT2D eigenvalue weighted by atomic mass is 16.7. The van der Waals surface area contributed by atoms with Gasteiger partial charge in [-0.1, -0.05) is 18.2 Å². The van der Waals surface area contributed by atoms with Crippen LogP contribution in [0.3, 0.4) is 0 Å². The van der Waals surface area contributed by atoms with Crippen LogP contribution in [0.5, 0.6) is 11.5 Å². The summed E-state index contributed by atoms with van der Waals surface area (Å²) in [6.45, 7) is 0.535. The quantitative estimate of drug-likeness (QED) is 0.439. The van der Waals surface area contributed by atoms with Crippen molar-refractivity contribution < 1.29 is 19.1 Å². The molecule has 0 aliphatic heterocycles. The Hall–Kier alpha value is -3.32. The van der Waals surface area contributed by atoms with Gasteiger partial charge in [-0.3, -0.25) is 14.4 Å². The number of hydrogen-bond acceptors (Lipinski definition) is 5. The summed E-state index contributed by atoms with van der Waals surface area (Å²) in [6.07, 6.45) is 0.441. The second-order valence-corrected chi connectivity index (χ2v) is 6.11. The lowest BCUT2D eigenvalue weighted by molar-refractivity contribution is -0.134. The summed E-state index contributed by atoms with van der Waals surface area (Å²) < 4.78 is 10.7. The van der Waals surface area contributed by atoms with Gasteiger partial charge in [-0.2, -0.15) is 0 Å². The second kappa shape index (κ2) is 9.57. The minimum Gasteiger partial charge on any atom is -0.497 e. The van der Waals surface area contributed by atoms with E-state index in [0.717, 1.165) is 16.7 Å². The molecule has 2 N–H and O–H groups in total. The number of aromatic nitrogens is 1. The molecular weight excluding hydrogens is 360 g/mol. The van der Waals surface area contributed by atoms with E-state index >= 15 is 0 Å². The van der Waals surface area contributed by atoms with E-state index in [4.69, 9.17) is 14.3 Å². The number of aryl methyl sites for hydroxylation is 1. The molecule has 0 fully saturated rings. The van der Waals surface area contributed by atoms with Crippen LogP contribution in [0.25, 0.3) is 10.9 Å². The minimum absolute atomic E-state index is 0.137. The molecule has 1 aromatic heterocycles. The van der Waals surface area contributed by atoms with Crippen LogP contribution < -0.4 is 20.5 Å². The number of fused-ring (bicyclic) bond motifs is 1. The molecule has 0 saturated carbocycles. The van der Waals surface area contributed by atoms with Crippen LogP contribution >= 0.6 is 0 Å². The average Bonchev–Trinajstić information content (AvgIpc) is 2.72. The van der Waals surface area contributed by atoms with Crippen molar-refractivity contribution in [1.82, 2.24) is 10.5 Å². The lowest BCUT2D eigenvalue weighted by Crippen LogP contribution is -2.27. The van der Waals surface area contributed by atoms with E-state index in [1.54, 1.807) is 25.3 Å². The third-order valence-corrected chi connectivity index (χ3v) is 4.13. The number of ether oxygens (including phenoxy) is 2. The first-order valence-corrected chi connectivity index (χ1v) is 8.94. The fourth-order valence-electron chi connectivity index (χ4n) is 2.69. The number of carbonyl (C=O) groups is 1. The third kappa shape index (κ3) is 5.34. The maximum absolute atomic E-state index is 12.2. The maximum atomic E-state index is 12.2. The molecule has 1 amide bonds. The smallest absolute Gasteiger partial charge is 0.251 e. The Bertz CT molecular complexity index is 985. The largest absolute Gasteiger partial charge is 0.497 e. The number of pyridine rings is 1. The van der Waals surface area contributed by atoms with E-state index in [1.165, 1.54) is 0 Å². The van der Waals surface area contributed by atoms with E-state index in [-0.39, 0.29) is 24.5 Å². The van der Waals surface area contributed by atoms with Crippen LogP contribution in [0.1, 0.15) is 12.0 Å². The van der Waals surface area contributed by atoms with Gasteiger partial charge in [0, 0.05) is 22.9 Å². The molecule has 1 heterocycles. The summed E-state index contributed by atoms with van der Waals surface area (Å²) in [5.41, 5.74) is 3.41. The van der Waals surface area contributed by atoms with E-state index in [9.17, 15) is 9.59 Å². The van der Waals surface area contributed by atoms with Crippen molar-refractivity contribution in [3.63, 3.8) is 0 Å². The third-order valence-electron chi connectivity index (χ3n) is 4.13. The number of amides is 1. The Morgan fingerprint density at radius 2 is 1.86 bits per heavy atom. The van der Waals surface area contributed by atoms with E-state index in [2.05, 4.69) is 10.5 Å². The number of nitrogens with one attached hydrogen (secondary N) is 2. The Morgan fingerprint density at radius 3 is 2.64 bits per heavy atom. The Morgan fingerprint density at radius 1 is 1.04 bits per heavy atom. The predicted molar refractivity (Wildman–Crippen MR) is 105 cm³/mol. The first kappa shape index (κ1) is 19.4. The lowest BCUT2D eigenvalue weighted by atomic mass is 10.1. The number of hydroxylamine groups is 1. The van der Waals surface area contributed by atoms with Crippen LogP contribution in [0.4, 0.5) is 0 Å². The molecule has 7 heteroatoms. The molecule has 0 atom stereocenters. The number of H-pyrrole nitrogens is 1. The predicted octanol–water partition coefficient (Wildman–Crippen LogP) is 2.60. The SMILES string of the molecule is COc1ccc2[nH]c(=O)c(CCC(=O)NOCCOc3ccccc3)cc2c1. The summed E-state index contributed by atoms with van der Waals surface area (Å²) in [7, 11) is 1.59. The van der Waals surface area contributed by atoms with E-state index in [0.29, 0.717) is 24.3 Å². The number of benzene rings is 2. The van der Waals surface area contributed by atoms with E-state index < -0.39 is 0 Å². The highest BCUT2D eigenvalue weighted by Crippen LogP contribution is 2.19. The number of hydrogen-bond donors (Lipinski definition) is 2. The Kier molecular flexibility index (Phi) is 6.64. The van der Waals surface area contributed by atoms with Gasteiger partial charge < -0.3 is 14.5 Å². The van der Waals surface area contributed by atoms with Gasteiger partial charge in [-0.25, -0.2) is 5.48 Å². The zero-order valence-electron chi connectivity index (χ0n) is 15.6. The van der Waals surface area contributed by atoms with Crippen molar-refractivity contribution in [3.05, 3.63) is 70.5 Å². The van der Waals surface area contributed by atoms with Gasteiger partial charge in [0.25, 0.3) is 5.56 Å². The molecule has 0 spiro atoms. The van der Waals surface area contributed by atoms with Gasteiger partial charge in [0.15, 0.2) is 0 Å². The number of para-hydroxylation sites is 1. The molecule has 0 unspecified atom stereocenters. The number of carbonyl (C=O) groups excluding carboxylic acids is 1. The molecule has 28 heavy (non-hydrogen) atoms. The highest BCUT2D eigenvalue weighted by molar-refractivity contribution is 5.81. The first-order valence-electron chi connectivity index (χ1n) is 8.94. The van der Waals surface area contributed by atoms with Crippen LogP contribution in [-0.4, -0.2) is 31.2 Å². The minimum atomic E-state index is -0.301. The Balaban J connectivity index is 1.45. The van der Waals surface area contributed by atoms with Gasteiger partial charge in [-0.05, 0) is 42.8 Å². The van der Waals surface area contributed by atoms with Gasteiger partial charge >= 0.3 is 0 Å². The molecule has 2 aromatic carbocycles. The van der Waals surface area contributed by atoms with E-state index in [1.807, 2.05) is 36.4 Å². The number of rotatable bonds is 9. The fraction of sp³-hybridized carbons (Fsp3) is 0.238. The van der Waals surface area contributed by atoms with Gasteiger partial charge in [0.05, 0.1) is 7.11 Å². The lowest BCUT2D eigenvalue weighted by Gasteiger charge is -2.08. The molecule has 3 aromatic rings. The number of aromatic amines is 1. The molecule has 0 aliphatic rings. The van der Waals surface area contributed by atoms with Crippen molar-refractivity contribution in [1.29, 1.82) is 0 Å². The van der Waals surface area contributed by atoms with Crippen molar-refractivity contribution >= 4 is 16.8 Å². The van der Waals surface area contributed by atoms with Crippen LogP contribution in [0, 0.1) is 0 Å². The maximum Gasteiger partial charge on any atom is 0.251 e. The topological polar surface area (TPSA) is 89.7 Å². The van der Waals surface area contributed by atoms with Crippen LogP contribution in [-0.2, 0) is 16.1 Å². The molecule has 0 bridgehead atoms. The first-order chi connectivity index (χ1) is 13.7. The molecule has 7 nitrogen and oxygen atoms in total. The molecular formula is C21H22N2O5. The Labute approximate surface area is 162 Å². The average molecular weight is 382 g/mol. The van der Waals surface area contributed by atoms with Crippen molar-refractivity contribution in [2.45, 2.75) is 12.8 Å². The van der Waals surface area contributed by atoms with Crippen LogP contribution in [0.2, 0.25) is 0 Å². The summed E-state index contributed by atoms with van der Waals surface area (Å²) in [4.78, 5) is 32.0. The standard InChI is InChI=1S/C21H22N2O5/c1-26-18-8-9-19-16(14-18)13-15(21(25)22-19)7-10-20(24)23-28-12-11-27-17-5-3-2-4-6-17/h2-6,8-9,13-14H,7,10-12H2,1H3,(H,22,25)(H,23,24). The zero-order chi connectivity index (χ0) is 19.8.